The maximum atomic E-state index is 6.02. The zero-order valence-electron chi connectivity index (χ0n) is 11.1. The number of anilines is 1. The molecule has 0 aliphatic carbocycles. The molecule has 20 heavy (non-hydrogen) atoms. The monoisotopic (exact) mass is 289 g/mol. The van der Waals surface area contributed by atoms with Crippen molar-refractivity contribution in [2.24, 2.45) is 0 Å². The predicted octanol–water partition coefficient (Wildman–Crippen LogP) is 2.58. The maximum absolute atomic E-state index is 6.02. The number of rotatable bonds is 3. The first-order valence-corrected chi connectivity index (χ1v) is 7.06. The summed E-state index contributed by atoms with van der Waals surface area (Å²) in [5, 5.41) is 0.768. The quantitative estimate of drug-likeness (QED) is 0.870. The lowest BCUT2D eigenvalue weighted by Crippen LogP contribution is -2.43. The summed E-state index contributed by atoms with van der Waals surface area (Å²) in [5.41, 5.74) is 1.20. The number of nitrogens with zero attached hydrogens (tertiary/aromatic N) is 3. The lowest BCUT2D eigenvalue weighted by molar-refractivity contribution is 0.0408. The molecule has 0 N–H and O–H groups in total. The molecule has 0 spiro atoms. The highest BCUT2D eigenvalue weighted by atomic mass is 35.5. The number of ether oxygens (including phenoxy) is 1. The molecular formula is C15H16ClN3O. The van der Waals surface area contributed by atoms with Crippen molar-refractivity contribution in [3.63, 3.8) is 0 Å². The van der Waals surface area contributed by atoms with Gasteiger partial charge in [-0.05, 0) is 17.7 Å². The highest BCUT2D eigenvalue weighted by Crippen LogP contribution is 2.18. The SMILES string of the molecule is Clc1cccc(CC2CN(c3cnccn3)CCO2)c1. The molecule has 0 bridgehead atoms. The molecule has 1 aliphatic rings. The van der Waals surface area contributed by atoms with Gasteiger partial charge in [-0.2, -0.15) is 0 Å². The maximum Gasteiger partial charge on any atom is 0.147 e. The molecule has 0 radical (unpaired) electrons. The summed E-state index contributed by atoms with van der Waals surface area (Å²) in [7, 11) is 0. The van der Waals surface area contributed by atoms with Gasteiger partial charge >= 0.3 is 0 Å². The van der Waals surface area contributed by atoms with Crippen molar-refractivity contribution in [1.29, 1.82) is 0 Å². The Morgan fingerprint density at radius 3 is 3.10 bits per heavy atom. The summed E-state index contributed by atoms with van der Waals surface area (Å²) < 4.78 is 5.84. The van der Waals surface area contributed by atoms with E-state index in [1.807, 2.05) is 18.2 Å². The van der Waals surface area contributed by atoms with Crippen molar-refractivity contribution in [3.05, 3.63) is 53.4 Å². The molecule has 0 saturated carbocycles. The summed E-state index contributed by atoms with van der Waals surface area (Å²) in [6.45, 7) is 2.39. The molecule has 1 unspecified atom stereocenters. The lowest BCUT2D eigenvalue weighted by Gasteiger charge is -2.33. The zero-order chi connectivity index (χ0) is 13.8. The Balaban J connectivity index is 1.66. The second kappa shape index (κ2) is 6.20. The summed E-state index contributed by atoms with van der Waals surface area (Å²) in [4.78, 5) is 10.7. The van der Waals surface area contributed by atoms with Gasteiger partial charge in [0.25, 0.3) is 0 Å². The number of hydrogen-bond acceptors (Lipinski definition) is 4. The molecule has 1 atom stereocenters. The fourth-order valence-corrected chi connectivity index (χ4v) is 2.65. The first-order valence-electron chi connectivity index (χ1n) is 6.68. The van der Waals surface area contributed by atoms with Gasteiger partial charge in [-0.15, -0.1) is 0 Å². The minimum absolute atomic E-state index is 0.157. The topological polar surface area (TPSA) is 38.2 Å². The van der Waals surface area contributed by atoms with Crippen LogP contribution in [0.2, 0.25) is 5.02 Å². The average Bonchev–Trinajstić information content (AvgIpc) is 2.48. The zero-order valence-corrected chi connectivity index (χ0v) is 11.8. The van der Waals surface area contributed by atoms with Gasteiger partial charge in [0.15, 0.2) is 0 Å². The van der Waals surface area contributed by atoms with Crippen molar-refractivity contribution in [3.8, 4) is 0 Å². The third kappa shape index (κ3) is 3.26. The first-order chi connectivity index (χ1) is 9.81. The number of morpholine rings is 1. The van der Waals surface area contributed by atoms with Gasteiger partial charge in [0.1, 0.15) is 5.82 Å². The summed E-state index contributed by atoms with van der Waals surface area (Å²) in [6.07, 6.45) is 6.22. The van der Waals surface area contributed by atoms with Gasteiger partial charge in [0.05, 0.1) is 18.9 Å². The number of hydrogen-bond donors (Lipinski definition) is 0. The van der Waals surface area contributed by atoms with E-state index >= 15 is 0 Å². The van der Waals surface area contributed by atoms with Crippen molar-refractivity contribution in [1.82, 2.24) is 9.97 Å². The third-order valence-corrected chi connectivity index (χ3v) is 3.60. The fourth-order valence-electron chi connectivity index (χ4n) is 2.43. The van der Waals surface area contributed by atoms with E-state index < -0.39 is 0 Å². The molecule has 1 aromatic carbocycles. The Labute approximate surface area is 123 Å². The molecule has 104 valence electrons. The van der Waals surface area contributed by atoms with Crippen LogP contribution < -0.4 is 4.90 Å². The minimum atomic E-state index is 0.157. The van der Waals surface area contributed by atoms with Crippen LogP contribution in [0.5, 0.6) is 0 Å². The Kier molecular flexibility index (Phi) is 4.14. The van der Waals surface area contributed by atoms with Crippen LogP contribution in [-0.4, -0.2) is 35.8 Å². The number of aromatic nitrogens is 2. The summed E-state index contributed by atoms with van der Waals surface area (Å²) in [6, 6.07) is 7.93. The van der Waals surface area contributed by atoms with E-state index in [4.69, 9.17) is 16.3 Å². The van der Waals surface area contributed by atoms with Crippen molar-refractivity contribution in [2.45, 2.75) is 12.5 Å². The van der Waals surface area contributed by atoms with Crippen LogP contribution in [0.3, 0.4) is 0 Å². The Morgan fingerprint density at radius 2 is 2.30 bits per heavy atom. The van der Waals surface area contributed by atoms with E-state index in [9.17, 15) is 0 Å². The molecule has 1 aromatic heterocycles. The van der Waals surface area contributed by atoms with Gasteiger partial charge in [0, 0.05) is 36.9 Å². The minimum Gasteiger partial charge on any atom is -0.374 e. The predicted molar refractivity (Wildman–Crippen MR) is 79.1 cm³/mol. The number of benzene rings is 1. The van der Waals surface area contributed by atoms with E-state index in [1.165, 1.54) is 5.56 Å². The third-order valence-electron chi connectivity index (χ3n) is 3.36. The van der Waals surface area contributed by atoms with Crippen LogP contribution in [0.25, 0.3) is 0 Å². The second-order valence-electron chi connectivity index (χ2n) is 4.84. The van der Waals surface area contributed by atoms with E-state index in [0.717, 1.165) is 30.4 Å². The molecule has 3 rings (SSSR count). The van der Waals surface area contributed by atoms with E-state index in [1.54, 1.807) is 18.6 Å². The van der Waals surface area contributed by atoms with E-state index in [0.29, 0.717) is 6.61 Å². The standard InChI is InChI=1S/C15H16ClN3O/c16-13-3-1-2-12(8-13)9-14-11-19(6-7-20-14)15-10-17-4-5-18-15/h1-5,8,10,14H,6-7,9,11H2. The van der Waals surface area contributed by atoms with Crippen LogP contribution in [0, 0.1) is 0 Å². The van der Waals surface area contributed by atoms with Crippen molar-refractivity contribution < 1.29 is 4.74 Å². The van der Waals surface area contributed by atoms with Crippen molar-refractivity contribution in [2.75, 3.05) is 24.6 Å². The van der Waals surface area contributed by atoms with Gasteiger partial charge in [-0.1, -0.05) is 23.7 Å². The molecular weight excluding hydrogens is 274 g/mol. The summed E-state index contributed by atoms with van der Waals surface area (Å²) in [5.74, 6) is 0.909. The van der Waals surface area contributed by atoms with E-state index in [2.05, 4.69) is 20.9 Å². The molecule has 2 aromatic rings. The average molecular weight is 290 g/mol. The Hall–Kier alpha value is -1.65. The van der Waals surface area contributed by atoms with Crippen LogP contribution in [0.1, 0.15) is 5.56 Å². The molecule has 1 aliphatic heterocycles. The normalized spacial score (nSPS) is 19.1. The fraction of sp³-hybridized carbons (Fsp3) is 0.333. The smallest absolute Gasteiger partial charge is 0.147 e. The summed E-state index contributed by atoms with van der Waals surface area (Å²) >= 11 is 6.02. The number of halogens is 1. The van der Waals surface area contributed by atoms with Crippen molar-refractivity contribution >= 4 is 17.4 Å². The molecule has 0 amide bonds. The van der Waals surface area contributed by atoms with Gasteiger partial charge in [-0.3, -0.25) is 4.98 Å². The van der Waals surface area contributed by atoms with Crippen LogP contribution in [-0.2, 0) is 11.2 Å². The Bertz CT molecular complexity index is 564. The molecule has 5 heteroatoms. The highest BCUT2D eigenvalue weighted by molar-refractivity contribution is 6.30. The van der Waals surface area contributed by atoms with Gasteiger partial charge in [-0.25, -0.2) is 4.98 Å². The van der Waals surface area contributed by atoms with Gasteiger partial charge < -0.3 is 9.64 Å². The van der Waals surface area contributed by atoms with E-state index in [-0.39, 0.29) is 6.10 Å². The molecule has 4 nitrogen and oxygen atoms in total. The van der Waals surface area contributed by atoms with Crippen LogP contribution >= 0.6 is 11.6 Å². The molecule has 1 fully saturated rings. The lowest BCUT2D eigenvalue weighted by atomic mass is 10.1. The van der Waals surface area contributed by atoms with Crippen LogP contribution in [0.4, 0.5) is 5.82 Å². The van der Waals surface area contributed by atoms with Crippen LogP contribution in [0.15, 0.2) is 42.9 Å². The molecule has 1 saturated heterocycles. The first kappa shape index (κ1) is 13.3. The second-order valence-corrected chi connectivity index (χ2v) is 5.27. The van der Waals surface area contributed by atoms with Gasteiger partial charge in [0.2, 0.25) is 0 Å². The highest BCUT2D eigenvalue weighted by Gasteiger charge is 2.21. The Morgan fingerprint density at radius 1 is 1.35 bits per heavy atom. The molecule has 2 heterocycles. The largest absolute Gasteiger partial charge is 0.374 e.